The monoisotopic (exact) mass is 274 g/mol. The van der Waals surface area contributed by atoms with Crippen molar-refractivity contribution in [1.29, 1.82) is 0 Å². The Labute approximate surface area is 112 Å². The molecule has 0 aromatic heterocycles. The van der Waals surface area contributed by atoms with Crippen molar-refractivity contribution < 1.29 is 13.9 Å². The zero-order valence-corrected chi connectivity index (χ0v) is 10.7. The van der Waals surface area contributed by atoms with E-state index in [9.17, 15) is 9.18 Å². The van der Waals surface area contributed by atoms with Crippen LogP contribution in [0.1, 0.15) is 0 Å². The molecule has 0 unspecified atom stereocenters. The summed E-state index contributed by atoms with van der Waals surface area (Å²) < 4.78 is 18.1. The van der Waals surface area contributed by atoms with E-state index in [0.717, 1.165) is 13.1 Å². The van der Waals surface area contributed by atoms with Crippen molar-refractivity contribution in [3.8, 4) is 5.75 Å². The van der Waals surface area contributed by atoms with Crippen LogP contribution in [-0.2, 0) is 4.79 Å². The van der Waals surface area contributed by atoms with E-state index in [2.05, 4.69) is 5.32 Å². The van der Waals surface area contributed by atoms with Crippen LogP contribution in [0.2, 0.25) is 0 Å². The molecule has 1 saturated heterocycles. The fraction of sp³-hybridized carbons (Fsp3) is 0.417. The summed E-state index contributed by atoms with van der Waals surface area (Å²) in [6, 6.07) is 5.80. The van der Waals surface area contributed by atoms with Crippen molar-refractivity contribution >= 4 is 18.3 Å². The molecule has 1 heterocycles. The molecule has 1 N–H and O–H groups in total. The minimum atomic E-state index is -0.364. The third-order valence-corrected chi connectivity index (χ3v) is 2.63. The van der Waals surface area contributed by atoms with E-state index in [-0.39, 0.29) is 30.7 Å². The number of hydrogen-bond donors (Lipinski definition) is 1. The number of halogens is 2. The van der Waals surface area contributed by atoms with Gasteiger partial charge in [-0.3, -0.25) is 4.79 Å². The van der Waals surface area contributed by atoms with Gasteiger partial charge in [0.25, 0.3) is 5.91 Å². The normalized spacial score (nSPS) is 14.8. The van der Waals surface area contributed by atoms with E-state index in [0.29, 0.717) is 18.8 Å². The SMILES string of the molecule is Cl.O=C(COc1cccc(F)c1)N1CCNCC1. The Balaban J connectivity index is 0.00000162. The Morgan fingerprint density at radius 3 is 2.78 bits per heavy atom. The van der Waals surface area contributed by atoms with Crippen LogP contribution < -0.4 is 10.1 Å². The number of benzene rings is 1. The van der Waals surface area contributed by atoms with Crippen LogP contribution in [-0.4, -0.2) is 43.6 Å². The van der Waals surface area contributed by atoms with Gasteiger partial charge in [-0.2, -0.15) is 0 Å². The maximum atomic E-state index is 12.9. The smallest absolute Gasteiger partial charge is 0.260 e. The van der Waals surface area contributed by atoms with Crippen LogP contribution in [0.3, 0.4) is 0 Å². The summed E-state index contributed by atoms with van der Waals surface area (Å²) in [7, 11) is 0. The second-order valence-electron chi connectivity index (χ2n) is 3.88. The van der Waals surface area contributed by atoms with E-state index in [1.165, 1.54) is 12.1 Å². The molecule has 6 heteroatoms. The molecule has 0 spiro atoms. The Bertz CT molecular complexity index is 397. The van der Waals surface area contributed by atoms with Crippen LogP contribution in [0.15, 0.2) is 24.3 Å². The van der Waals surface area contributed by atoms with E-state index >= 15 is 0 Å². The summed E-state index contributed by atoms with van der Waals surface area (Å²) in [5, 5.41) is 3.17. The molecule has 0 atom stereocenters. The lowest BCUT2D eigenvalue weighted by Gasteiger charge is -2.27. The van der Waals surface area contributed by atoms with E-state index in [1.807, 2.05) is 0 Å². The first kappa shape index (κ1) is 14.7. The topological polar surface area (TPSA) is 41.6 Å². The molecular weight excluding hydrogens is 259 g/mol. The van der Waals surface area contributed by atoms with E-state index in [1.54, 1.807) is 17.0 Å². The molecule has 18 heavy (non-hydrogen) atoms. The maximum Gasteiger partial charge on any atom is 0.260 e. The number of rotatable bonds is 3. The second kappa shape index (κ2) is 7.18. The van der Waals surface area contributed by atoms with Gasteiger partial charge in [0.15, 0.2) is 6.61 Å². The van der Waals surface area contributed by atoms with E-state index in [4.69, 9.17) is 4.74 Å². The third kappa shape index (κ3) is 4.16. The van der Waals surface area contributed by atoms with Gasteiger partial charge in [0, 0.05) is 32.2 Å². The number of piperazine rings is 1. The fourth-order valence-electron chi connectivity index (χ4n) is 1.71. The van der Waals surface area contributed by atoms with Crippen molar-refractivity contribution in [2.75, 3.05) is 32.8 Å². The van der Waals surface area contributed by atoms with Gasteiger partial charge >= 0.3 is 0 Å². The summed E-state index contributed by atoms with van der Waals surface area (Å²) in [4.78, 5) is 13.5. The number of nitrogens with one attached hydrogen (secondary N) is 1. The fourth-order valence-corrected chi connectivity index (χ4v) is 1.71. The largest absolute Gasteiger partial charge is 0.484 e. The van der Waals surface area contributed by atoms with Gasteiger partial charge in [-0.05, 0) is 12.1 Å². The number of amides is 1. The highest BCUT2D eigenvalue weighted by atomic mass is 35.5. The lowest BCUT2D eigenvalue weighted by atomic mass is 10.3. The predicted octanol–water partition coefficient (Wildman–Crippen LogP) is 1.06. The van der Waals surface area contributed by atoms with Crippen molar-refractivity contribution in [1.82, 2.24) is 10.2 Å². The molecular formula is C12H16ClFN2O2. The molecule has 0 saturated carbocycles. The Morgan fingerprint density at radius 2 is 2.11 bits per heavy atom. The Kier molecular flexibility index (Phi) is 5.88. The molecule has 1 aromatic rings. The molecule has 0 radical (unpaired) electrons. The van der Waals surface area contributed by atoms with Crippen LogP contribution >= 0.6 is 12.4 Å². The minimum Gasteiger partial charge on any atom is -0.484 e. The molecule has 1 aromatic carbocycles. The number of carbonyl (C=O) groups is 1. The maximum absolute atomic E-state index is 12.9. The number of ether oxygens (including phenoxy) is 1. The quantitative estimate of drug-likeness (QED) is 0.896. The number of nitrogens with zero attached hydrogens (tertiary/aromatic N) is 1. The summed E-state index contributed by atoms with van der Waals surface area (Å²) in [5.41, 5.74) is 0. The molecule has 1 aliphatic heterocycles. The van der Waals surface area contributed by atoms with Crippen LogP contribution in [0.4, 0.5) is 4.39 Å². The zero-order chi connectivity index (χ0) is 12.1. The minimum absolute atomic E-state index is 0. The Morgan fingerprint density at radius 1 is 1.39 bits per heavy atom. The highest BCUT2D eigenvalue weighted by Gasteiger charge is 2.16. The summed E-state index contributed by atoms with van der Waals surface area (Å²) in [5.74, 6) is -0.0404. The van der Waals surface area contributed by atoms with Gasteiger partial charge in [0.05, 0.1) is 0 Å². The van der Waals surface area contributed by atoms with E-state index < -0.39 is 0 Å². The van der Waals surface area contributed by atoms with Crippen LogP contribution in [0.25, 0.3) is 0 Å². The van der Waals surface area contributed by atoms with Gasteiger partial charge in [-0.1, -0.05) is 6.07 Å². The lowest BCUT2D eigenvalue weighted by Crippen LogP contribution is -2.47. The number of hydrogen-bond acceptors (Lipinski definition) is 3. The average Bonchev–Trinajstić information content (AvgIpc) is 2.37. The highest BCUT2D eigenvalue weighted by molar-refractivity contribution is 5.85. The van der Waals surface area contributed by atoms with Crippen molar-refractivity contribution in [2.45, 2.75) is 0 Å². The molecule has 0 bridgehead atoms. The second-order valence-corrected chi connectivity index (χ2v) is 3.88. The van der Waals surface area contributed by atoms with Gasteiger partial charge in [-0.15, -0.1) is 12.4 Å². The van der Waals surface area contributed by atoms with Gasteiger partial charge in [0.1, 0.15) is 11.6 Å². The molecule has 0 aliphatic carbocycles. The van der Waals surface area contributed by atoms with Crippen molar-refractivity contribution in [2.24, 2.45) is 0 Å². The first-order chi connectivity index (χ1) is 8.25. The standard InChI is InChI=1S/C12H15FN2O2.ClH/c13-10-2-1-3-11(8-10)17-9-12(16)15-6-4-14-5-7-15;/h1-3,8,14H,4-7,9H2;1H. The van der Waals surface area contributed by atoms with Gasteiger partial charge in [0.2, 0.25) is 0 Å². The van der Waals surface area contributed by atoms with Crippen molar-refractivity contribution in [3.05, 3.63) is 30.1 Å². The lowest BCUT2D eigenvalue weighted by molar-refractivity contribution is -0.133. The zero-order valence-electron chi connectivity index (χ0n) is 9.89. The van der Waals surface area contributed by atoms with Crippen LogP contribution in [0.5, 0.6) is 5.75 Å². The average molecular weight is 275 g/mol. The Hall–Kier alpha value is -1.33. The highest BCUT2D eigenvalue weighted by Crippen LogP contribution is 2.11. The molecule has 1 aliphatic rings. The summed E-state index contributed by atoms with van der Waals surface area (Å²) in [6.45, 7) is 2.98. The van der Waals surface area contributed by atoms with Gasteiger partial charge < -0.3 is 15.0 Å². The van der Waals surface area contributed by atoms with Crippen molar-refractivity contribution in [3.63, 3.8) is 0 Å². The van der Waals surface area contributed by atoms with Gasteiger partial charge in [-0.25, -0.2) is 4.39 Å². The summed E-state index contributed by atoms with van der Waals surface area (Å²) >= 11 is 0. The molecule has 1 fully saturated rings. The molecule has 1 amide bonds. The number of carbonyl (C=O) groups excluding carboxylic acids is 1. The summed E-state index contributed by atoms with van der Waals surface area (Å²) in [6.07, 6.45) is 0. The molecule has 100 valence electrons. The molecule has 2 rings (SSSR count). The molecule has 4 nitrogen and oxygen atoms in total. The first-order valence-corrected chi connectivity index (χ1v) is 5.62. The van der Waals surface area contributed by atoms with Crippen LogP contribution in [0, 0.1) is 5.82 Å². The first-order valence-electron chi connectivity index (χ1n) is 5.62. The predicted molar refractivity (Wildman–Crippen MR) is 68.6 cm³/mol. The third-order valence-electron chi connectivity index (χ3n) is 2.63.